The van der Waals surface area contributed by atoms with Crippen molar-refractivity contribution in [1.29, 1.82) is 0 Å². The maximum Gasteiger partial charge on any atom is 0.246 e. The third-order valence-electron chi connectivity index (χ3n) is 5.03. The van der Waals surface area contributed by atoms with Crippen molar-refractivity contribution in [3.63, 3.8) is 0 Å². The fourth-order valence-electron chi connectivity index (χ4n) is 3.43. The molecule has 0 spiro atoms. The summed E-state index contributed by atoms with van der Waals surface area (Å²) in [6, 6.07) is 3.84. The molecule has 0 unspecified atom stereocenters. The Balaban J connectivity index is 1.71. The summed E-state index contributed by atoms with van der Waals surface area (Å²) in [4.78, 5) is 30.4. The molecule has 1 aliphatic heterocycles. The molecule has 0 atom stereocenters. The molecule has 30 heavy (non-hydrogen) atoms. The van der Waals surface area contributed by atoms with Crippen LogP contribution < -0.4 is 5.32 Å². The van der Waals surface area contributed by atoms with Crippen LogP contribution in [0.4, 0.5) is 8.78 Å². The number of nitrogens with zero attached hydrogens (tertiary/aromatic N) is 2. The fraction of sp³-hybridized carbons (Fsp3) is 0.318. The van der Waals surface area contributed by atoms with Gasteiger partial charge < -0.3 is 10.2 Å². The first-order valence-corrected chi connectivity index (χ1v) is 10.9. The number of hydrogen-bond acceptors (Lipinski definition) is 4. The lowest BCUT2D eigenvalue weighted by atomic mass is 9.95. The van der Waals surface area contributed by atoms with E-state index >= 15 is 0 Å². The Morgan fingerprint density at radius 1 is 1.33 bits per heavy atom. The second-order valence-electron chi connectivity index (χ2n) is 7.02. The van der Waals surface area contributed by atoms with Gasteiger partial charge in [0.15, 0.2) is 11.6 Å². The smallest absolute Gasteiger partial charge is 0.246 e. The highest BCUT2D eigenvalue weighted by molar-refractivity contribution is 7.99. The van der Waals surface area contributed by atoms with Gasteiger partial charge >= 0.3 is 0 Å². The molecular weight excluding hydrogens is 408 g/mol. The van der Waals surface area contributed by atoms with Crippen LogP contribution in [-0.4, -0.2) is 40.3 Å². The van der Waals surface area contributed by atoms with Crippen LogP contribution in [0.25, 0.3) is 6.08 Å². The number of benzene rings is 1. The van der Waals surface area contributed by atoms with Gasteiger partial charge in [-0.3, -0.25) is 14.6 Å². The van der Waals surface area contributed by atoms with Crippen LogP contribution >= 0.6 is 11.8 Å². The van der Waals surface area contributed by atoms with Gasteiger partial charge in [-0.05, 0) is 48.4 Å². The molecule has 0 bridgehead atoms. The van der Waals surface area contributed by atoms with Crippen molar-refractivity contribution in [3.05, 3.63) is 70.1 Å². The van der Waals surface area contributed by atoms with E-state index in [1.165, 1.54) is 36.0 Å². The molecule has 1 aromatic heterocycles. The third-order valence-corrected chi connectivity index (χ3v) is 5.58. The third kappa shape index (κ3) is 5.05. The highest BCUT2D eigenvalue weighted by Crippen LogP contribution is 2.24. The maximum absolute atomic E-state index is 13.8. The van der Waals surface area contributed by atoms with Gasteiger partial charge in [0.05, 0.1) is 5.75 Å². The number of fused-ring (bicyclic) bond motifs is 1. The predicted octanol–water partition coefficient (Wildman–Crippen LogP) is 3.25. The van der Waals surface area contributed by atoms with Crippen LogP contribution in [0.5, 0.6) is 0 Å². The highest BCUT2D eigenvalue weighted by Gasteiger charge is 2.23. The lowest BCUT2D eigenvalue weighted by Crippen LogP contribution is -2.36. The monoisotopic (exact) mass is 431 g/mol. The summed E-state index contributed by atoms with van der Waals surface area (Å²) in [5.41, 5.74) is 3.92. The first kappa shape index (κ1) is 22.0. The average Bonchev–Trinajstić information content (AvgIpc) is 2.73. The zero-order valence-electron chi connectivity index (χ0n) is 16.9. The van der Waals surface area contributed by atoms with E-state index in [0.29, 0.717) is 31.8 Å². The number of pyridine rings is 1. The molecule has 3 rings (SSSR count). The number of aryl methyl sites for hydroxylation is 1. The molecule has 2 aromatic rings. The number of nitrogens with one attached hydrogen (secondary N) is 1. The minimum atomic E-state index is -0.974. The zero-order chi connectivity index (χ0) is 21.7. The summed E-state index contributed by atoms with van der Waals surface area (Å²) in [5.74, 6) is -1.82. The second kappa shape index (κ2) is 9.84. The van der Waals surface area contributed by atoms with Crippen LogP contribution in [0.3, 0.4) is 0 Å². The van der Waals surface area contributed by atoms with Crippen LogP contribution in [0.1, 0.15) is 27.9 Å². The Bertz CT molecular complexity index is 995. The molecule has 0 fully saturated rings. The molecule has 1 aromatic carbocycles. The van der Waals surface area contributed by atoms with E-state index in [1.807, 2.05) is 13.2 Å². The molecule has 0 aliphatic carbocycles. The van der Waals surface area contributed by atoms with Gasteiger partial charge in [0.1, 0.15) is 0 Å². The number of amides is 2. The van der Waals surface area contributed by atoms with Gasteiger partial charge in [0, 0.05) is 43.2 Å². The minimum Gasteiger partial charge on any atom is -0.351 e. The molecule has 0 saturated heterocycles. The van der Waals surface area contributed by atoms with Gasteiger partial charge in [-0.2, -0.15) is 11.8 Å². The molecule has 1 aliphatic rings. The molecule has 0 radical (unpaired) electrons. The summed E-state index contributed by atoms with van der Waals surface area (Å²) >= 11 is 1.46. The van der Waals surface area contributed by atoms with E-state index in [9.17, 15) is 18.4 Å². The Hall–Kier alpha value is -2.74. The number of hydrogen-bond donors (Lipinski definition) is 1. The number of carbonyl (C=O) groups is 2. The topological polar surface area (TPSA) is 62.3 Å². The lowest BCUT2D eigenvalue weighted by Gasteiger charge is -2.30. The van der Waals surface area contributed by atoms with E-state index < -0.39 is 11.6 Å². The Kier molecular flexibility index (Phi) is 7.20. The van der Waals surface area contributed by atoms with Crippen molar-refractivity contribution >= 4 is 29.7 Å². The minimum absolute atomic E-state index is 0.0261. The first-order chi connectivity index (χ1) is 14.4. The number of aromatic nitrogens is 1. The Labute approximate surface area is 178 Å². The van der Waals surface area contributed by atoms with Crippen molar-refractivity contribution in [2.24, 2.45) is 0 Å². The van der Waals surface area contributed by atoms with Gasteiger partial charge in [-0.15, -0.1) is 0 Å². The number of rotatable bonds is 6. The molecule has 0 saturated carbocycles. The van der Waals surface area contributed by atoms with Crippen molar-refractivity contribution in [3.8, 4) is 0 Å². The molecule has 1 N–H and O–H groups in total. The van der Waals surface area contributed by atoms with E-state index in [1.54, 1.807) is 11.1 Å². The summed E-state index contributed by atoms with van der Waals surface area (Å²) in [7, 11) is 0. The summed E-state index contributed by atoms with van der Waals surface area (Å²) in [6.45, 7) is 3.19. The van der Waals surface area contributed by atoms with Gasteiger partial charge in [-0.25, -0.2) is 8.78 Å². The molecule has 2 amide bonds. The second-order valence-corrected chi connectivity index (χ2v) is 7.89. The van der Waals surface area contributed by atoms with E-state index in [4.69, 9.17) is 0 Å². The summed E-state index contributed by atoms with van der Waals surface area (Å²) in [5, 5.41) is 2.92. The van der Waals surface area contributed by atoms with Gasteiger partial charge in [0.2, 0.25) is 11.8 Å². The van der Waals surface area contributed by atoms with Crippen molar-refractivity contribution in [2.75, 3.05) is 18.6 Å². The van der Waals surface area contributed by atoms with Crippen LogP contribution in [0.15, 0.2) is 30.5 Å². The molecule has 2 heterocycles. The zero-order valence-corrected chi connectivity index (χ0v) is 17.7. The molecule has 5 nitrogen and oxygen atoms in total. The maximum atomic E-state index is 13.8. The van der Waals surface area contributed by atoms with Crippen LogP contribution in [0, 0.1) is 18.6 Å². The number of halogens is 2. The molecule has 158 valence electrons. The Morgan fingerprint density at radius 3 is 2.90 bits per heavy atom. The summed E-state index contributed by atoms with van der Waals surface area (Å²) < 4.78 is 27.1. The quantitative estimate of drug-likeness (QED) is 0.714. The van der Waals surface area contributed by atoms with Crippen LogP contribution in [0.2, 0.25) is 0 Å². The number of thioether (sulfide) groups is 1. The van der Waals surface area contributed by atoms with E-state index in [0.717, 1.165) is 28.5 Å². The highest BCUT2D eigenvalue weighted by atomic mass is 32.2. The van der Waals surface area contributed by atoms with Gasteiger partial charge in [-0.1, -0.05) is 12.1 Å². The van der Waals surface area contributed by atoms with Crippen molar-refractivity contribution in [2.45, 2.75) is 26.4 Å². The first-order valence-electron chi connectivity index (χ1n) is 9.53. The molecule has 8 heteroatoms. The fourth-order valence-corrected chi connectivity index (χ4v) is 3.79. The average molecular weight is 432 g/mol. The van der Waals surface area contributed by atoms with E-state index in [-0.39, 0.29) is 17.4 Å². The Morgan fingerprint density at radius 2 is 2.13 bits per heavy atom. The standard InChI is InChI=1S/C22H23F2N3O2S/c1-14-18(11-26-20(28)13-30-2)17-8-9-27(12-16(17)10-25-14)21(29)7-6-15-4-3-5-19(23)22(15)24/h3-7,10H,8-9,11-13H2,1-2H3,(H,26,28)/b7-6+. The van der Waals surface area contributed by atoms with Gasteiger partial charge in [0.25, 0.3) is 0 Å². The van der Waals surface area contributed by atoms with Crippen molar-refractivity contribution in [1.82, 2.24) is 15.2 Å². The number of carbonyl (C=O) groups excluding carboxylic acids is 2. The molecular formula is C22H23F2N3O2S. The lowest BCUT2D eigenvalue weighted by molar-refractivity contribution is -0.126. The SMILES string of the molecule is CSCC(=O)NCc1c(C)ncc2c1CCN(C(=O)/C=C/c1cccc(F)c1F)C2. The predicted molar refractivity (Wildman–Crippen MR) is 114 cm³/mol. The normalized spacial score (nSPS) is 13.4. The largest absolute Gasteiger partial charge is 0.351 e. The van der Waals surface area contributed by atoms with E-state index in [2.05, 4.69) is 10.3 Å². The van der Waals surface area contributed by atoms with Crippen LogP contribution in [-0.2, 0) is 29.1 Å². The van der Waals surface area contributed by atoms with Crippen molar-refractivity contribution < 1.29 is 18.4 Å². The summed E-state index contributed by atoms with van der Waals surface area (Å²) in [6.07, 6.45) is 6.82.